The summed E-state index contributed by atoms with van der Waals surface area (Å²) < 4.78 is 32.7. The van der Waals surface area contributed by atoms with Crippen molar-refractivity contribution >= 4 is 0 Å². The molecular weight excluding hydrogens is 226 g/mol. The van der Waals surface area contributed by atoms with Gasteiger partial charge in [-0.2, -0.15) is 4.39 Å². The number of ether oxygens (including phenoxy) is 1. The number of rotatable bonds is 3. The van der Waals surface area contributed by atoms with E-state index < -0.39 is 17.2 Å². The van der Waals surface area contributed by atoms with Gasteiger partial charge in [0.15, 0.2) is 11.6 Å². The molecule has 4 heteroatoms. The van der Waals surface area contributed by atoms with Crippen LogP contribution in [0.5, 0.6) is 5.75 Å². The van der Waals surface area contributed by atoms with E-state index in [0.717, 1.165) is 6.42 Å². The minimum Gasteiger partial charge on any atom is -0.488 e. The minimum absolute atomic E-state index is 0.0392. The van der Waals surface area contributed by atoms with Crippen molar-refractivity contribution in [2.75, 3.05) is 0 Å². The SMILES string of the molecule is CC(C)Oc1ccc(C2(O)CCC2)c(F)c1F. The second-order valence-corrected chi connectivity index (χ2v) is 4.79. The molecule has 2 rings (SSSR count). The van der Waals surface area contributed by atoms with E-state index in [-0.39, 0.29) is 17.4 Å². The van der Waals surface area contributed by atoms with Gasteiger partial charge in [-0.25, -0.2) is 4.39 Å². The van der Waals surface area contributed by atoms with E-state index in [2.05, 4.69) is 0 Å². The van der Waals surface area contributed by atoms with Crippen LogP contribution in [0.15, 0.2) is 12.1 Å². The molecule has 1 saturated carbocycles. The molecule has 1 N–H and O–H groups in total. The zero-order chi connectivity index (χ0) is 12.6. The Morgan fingerprint density at radius 2 is 1.88 bits per heavy atom. The van der Waals surface area contributed by atoms with Gasteiger partial charge in [0.25, 0.3) is 0 Å². The second-order valence-electron chi connectivity index (χ2n) is 4.79. The molecule has 0 atom stereocenters. The number of benzene rings is 1. The average molecular weight is 242 g/mol. The van der Waals surface area contributed by atoms with Gasteiger partial charge in [-0.15, -0.1) is 0 Å². The maximum atomic E-state index is 13.8. The molecule has 94 valence electrons. The molecule has 1 aromatic carbocycles. The molecule has 0 heterocycles. The van der Waals surface area contributed by atoms with E-state index in [1.165, 1.54) is 12.1 Å². The summed E-state index contributed by atoms with van der Waals surface area (Å²) in [5, 5.41) is 10.0. The Hall–Kier alpha value is -1.16. The quantitative estimate of drug-likeness (QED) is 0.882. The van der Waals surface area contributed by atoms with E-state index in [1.807, 2.05) is 0 Å². The topological polar surface area (TPSA) is 29.5 Å². The highest BCUT2D eigenvalue weighted by molar-refractivity contribution is 5.35. The van der Waals surface area contributed by atoms with Crippen LogP contribution in [-0.2, 0) is 5.60 Å². The summed E-state index contributed by atoms with van der Waals surface area (Å²) in [7, 11) is 0. The van der Waals surface area contributed by atoms with Gasteiger partial charge in [-0.1, -0.05) is 0 Å². The van der Waals surface area contributed by atoms with E-state index in [4.69, 9.17) is 4.74 Å². The maximum absolute atomic E-state index is 13.8. The molecule has 0 bridgehead atoms. The average Bonchev–Trinajstić information content (AvgIpc) is 2.21. The lowest BCUT2D eigenvalue weighted by Crippen LogP contribution is -2.34. The third-order valence-corrected chi connectivity index (χ3v) is 3.09. The molecule has 0 amide bonds. The van der Waals surface area contributed by atoms with Gasteiger partial charge >= 0.3 is 0 Å². The van der Waals surface area contributed by atoms with Crippen LogP contribution in [0.25, 0.3) is 0 Å². The van der Waals surface area contributed by atoms with Crippen LogP contribution in [-0.4, -0.2) is 11.2 Å². The Bertz CT molecular complexity index is 426. The van der Waals surface area contributed by atoms with E-state index in [9.17, 15) is 13.9 Å². The summed E-state index contributed by atoms with van der Waals surface area (Å²) in [6, 6.07) is 2.79. The molecule has 1 fully saturated rings. The van der Waals surface area contributed by atoms with Crippen molar-refractivity contribution in [3.8, 4) is 5.75 Å². The fraction of sp³-hybridized carbons (Fsp3) is 0.538. The van der Waals surface area contributed by atoms with Crippen molar-refractivity contribution in [2.24, 2.45) is 0 Å². The molecule has 17 heavy (non-hydrogen) atoms. The lowest BCUT2D eigenvalue weighted by Gasteiger charge is -2.37. The molecule has 0 radical (unpaired) electrons. The van der Waals surface area contributed by atoms with Crippen molar-refractivity contribution in [2.45, 2.75) is 44.8 Å². The lowest BCUT2D eigenvalue weighted by molar-refractivity contribution is -0.0422. The highest BCUT2D eigenvalue weighted by Gasteiger charge is 2.39. The number of aliphatic hydroxyl groups is 1. The molecule has 0 saturated heterocycles. The van der Waals surface area contributed by atoms with Gasteiger partial charge in [0.1, 0.15) is 0 Å². The standard InChI is InChI=1S/C13H16F2O2/c1-8(2)17-10-5-4-9(11(14)12(10)15)13(16)6-3-7-13/h4-5,8,16H,3,6-7H2,1-2H3. The predicted octanol–water partition coefficient (Wildman–Crippen LogP) is 3.12. The molecule has 1 aliphatic rings. The maximum Gasteiger partial charge on any atom is 0.201 e. The molecular formula is C13H16F2O2. The van der Waals surface area contributed by atoms with Gasteiger partial charge < -0.3 is 9.84 Å². The predicted molar refractivity (Wildman–Crippen MR) is 59.9 cm³/mol. The molecule has 0 aromatic heterocycles. The molecule has 1 aliphatic carbocycles. The Balaban J connectivity index is 2.35. The summed E-state index contributed by atoms with van der Waals surface area (Å²) in [6.07, 6.45) is 1.57. The molecule has 1 aromatic rings. The zero-order valence-electron chi connectivity index (χ0n) is 9.96. The van der Waals surface area contributed by atoms with Crippen molar-refractivity contribution in [1.29, 1.82) is 0 Å². The van der Waals surface area contributed by atoms with E-state index in [0.29, 0.717) is 12.8 Å². The first kappa shape index (κ1) is 12.3. The molecule has 0 aliphatic heterocycles. The highest BCUT2D eigenvalue weighted by Crippen LogP contribution is 2.43. The highest BCUT2D eigenvalue weighted by atomic mass is 19.2. The Morgan fingerprint density at radius 3 is 2.35 bits per heavy atom. The molecule has 0 unspecified atom stereocenters. The van der Waals surface area contributed by atoms with E-state index in [1.54, 1.807) is 13.8 Å². The van der Waals surface area contributed by atoms with Crippen LogP contribution in [0.3, 0.4) is 0 Å². The third-order valence-electron chi connectivity index (χ3n) is 3.09. The number of hydrogen-bond acceptors (Lipinski definition) is 2. The number of halogens is 2. The van der Waals surface area contributed by atoms with Crippen molar-refractivity contribution < 1.29 is 18.6 Å². The normalized spacial score (nSPS) is 18.0. The largest absolute Gasteiger partial charge is 0.488 e. The summed E-state index contributed by atoms with van der Waals surface area (Å²) in [5.41, 5.74) is -1.15. The van der Waals surface area contributed by atoms with Crippen LogP contribution < -0.4 is 4.74 Å². The fourth-order valence-electron chi connectivity index (χ4n) is 2.02. The number of hydrogen-bond donors (Lipinski definition) is 1. The molecule has 2 nitrogen and oxygen atoms in total. The van der Waals surface area contributed by atoms with Crippen LogP contribution >= 0.6 is 0 Å². The summed E-state index contributed by atoms with van der Waals surface area (Å²) >= 11 is 0. The Morgan fingerprint density at radius 1 is 1.24 bits per heavy atom. The molecule has 0 spiro atoms. The monoisotopic (exact) mass is 242 g/mol. The van der Waals surface area contributed by atoms with Crippen molar-refractivity contribution in [3.05, 3.63) is 29.3 Å². The summed E-state index contributed by atoms with van der Waals surface area (Å²) in [4.78, 5) is 0. The fourth-order valence-corrected chi connectivity index (χ4v) is 2.02. The smallest absolute Gasteiger partial charge is 0.201 e. The van der Waals surface area contributed by atoms with Gasteiger partial charge in [-0.3, -0.25) is 0 Å². The summed E-state index contributed by atoms with van der Waals surface area (Å²) in [5.74, 6) is -2.12. The second kappa shape index (κ2) is 4.26. The summed E-state index contributed by atoms with van der Waals surface area (Å²) in [6.45, 7) is 3.48. The zero-order valence-corrected chi connectivity index (χ0v) is 9.96. The first-order chi connectivity index (χ1) is 7.94. The van der Waals surface area contributed by atoms with Gasteiger partial charge in [0.2, 0.25) is 5.82 Å². The first-order valence-electron chi connectivity index (χ1n) is 5.81. The van der Waals surface area contributed by atoms with Crippen LogP contribution in [0.2, 0.25) is 0 Å². The van der Waals surface area contributed by atoms with Crippen molar-refractivity contribution in [3.63, 3.8) is 0 Å². The first-order valence-corrected chi connectivity index (χ1v) is 5.81. The van der Waals surface area contributed by atoms with E-state index >= 15 is 0 Å². The van der Waals surface area contributed by atoms with Gasteiger partial charge in [0, 0.05) is 5.56 Å². The van der Waals surface area contributed by atoms with Crippen LogP contribution in [0, 0.1) is 11.6 Å². The third kappa shape index (κ3) is 2.14. The Kier molecular flexibility index (Phi) is 3.08. The lowest BCUT2D eigenvalue weighted by atomic mass is 9.75. The van der Waals surface area contributed by atoms with Crippen LogP contribution in [0.1, 0.15) is 38.7 Å². The minimum atomic E-state index is -1.19. The van der Waals surface area contributed by atoms with Gasteiger partial charge in [-0.05, 0) is 45.2 Å². The Labute approximate surface area is 99.2 Å². The van der Waals surface area contributed by atoms with Gasteiger partial charge in [0.05, 0.1) is 11.7 Å². The van der Waals surface area contributed by atoms with Crippen molar-refractivity contribution in [1.82, 2.24) is 0 Å². The van der Waals surface area contributed by atoms with Crippen LogP contribution in [0.4, 0.5) is 8.78 Å².